The highest BCUT2D eigenvalue weighted by Gasteiger charge is 2.17. The summed E-state index contributed by atoms with van der Waals surface area (Å²) in [7, 11) is 0. The van der Waals surface area contributed by atoms with Crippen LogP contribution in [-0.4, -0.2) is 57.5 Å². The van der Waals surface area contributed by atoms with Crippen LogP contribution in [0.25, 0.3) is 17.1 Å². The van der Waals surface area contributed by atoms with Crippen molar-refractivity contribution in [2.24, 2.45) is 0 Å². The Hall–Kier alpha value is -2.06. The zero-order chi connectivity index (χ0) is 23.8. The average molecular weight is 519 g/mol. The second-order valence-corrected chi connectivity index (χ2v) is 10.2. The Morgan fingerprint density at radius 2 is 1.79 bits per heavy atom. The molecule has 1 aliphatic rings. The normalized spacial score (nSPS) is 13.9. The molecule has 0 unspecified atom stereocenters. The summed E-state index contributed by atoms with van der Waals surface area (Å²) in [5.41, 5.74) is 1.83. The number of carbonyl (C=O) groups is 1. The number of carbonyl (C=O) groups excluding carboxylic acids is 1. The molecular formula is C25H29Cl2N5OS. The number of unbranched alkanes of at least 4 members (excludes halogenated alkanes) is 1. The summed E-state index contributed by atoms with van der Waals surface area (Å²) >= 11 is 14.1. The number of nitrogens with one attached hydrogen (secondary N) is 1. The van der Waals surface area contributed by atoms with Crippen LogP contribution in [0.3, 0.4) is 0 Å². The Morgan fingerprint density at radius 1 is 1.00 bits per heavy atom. The highest BCUT2D eigenvalue weighted by Crippen LogP contribution is 2.31. The first kappa shape index (κ1) is 25.0. The molecule has 9 heteroatoms. The highest BCUT2D eigenvalue weighted by molar-refractivity contribution is 7.99. The molecule has 2 heterocycles. The van der Waals surface area contributed by atoms with Gasteiger partial charge in [-0.2, -0.15) is 0 Å². The molecule has 1 amide bonds. The smallest absolute Gasteiger partial charge is 0.220 e. The highest BCUT2D eigenvalue weighted by atomic mass is 35.5. The van der Waals surface area contributed by atoms with E-state index in [1.54, 1.807) is 17.8 Å². The van der Waals surface area contributed by atoms with Crippen molar-refractivity contribution in [3.63, 3.8) is 0 Å². The minimum atomic E-state index is 0.134. The van der Waals surface area contributed by atoms with E-state index in [0.29, 0.717) is 16.5 Å². The van der Waals surface area contributed by atoms with Gasteiger partial charge < -0.3 is 10.2 Å². The zero-order valence-corrected chi connectivity index (χ0v) is 21.4. The molecular weight excluding hydrogens is 489 g/mol. The molecule has 1 N–H and O–H groups in total. The molecule has 1 saturated heterocycles. The van der Waals surface area contributed by atoms with E-state index < -0.39 is 0 Å². The number of amides is 1. The summed E-state index contributed by atoms with van der Waals surface area (Å²) < 4.78 is 2.01. The van der Waals surface area contributed by atoms with Gasteiger partial charge in [0.25, 0.3) is 0 Å². The van der Waals surface area contributed by atoms with Gasteiger partial charge in [-0.05, 0) is 57.0 Å². The quantitative estimate of drug-likeness (QED) is 0.260. The van der Waals surface area contributed by atoms with Crippen LogP contribution in [0.1, 0.15) is 32.1 Å². The summed E-state index contributed by atoms with van der Waals surface area (Å²) in [5, 5.41) is 13.7. The van der Waals surface area contributed by atoms with Crippen molar-refractivity contribution in [3.05, 3.63) is 58.6 Å². The summed E-state index contributed by atoms with van der Waals surface area (Å²) in [6.07, 6.45) is 4.86. The third kappa shape index (κ3) is 6.75. The summed E-state index contributed by atoms with van der Waals surface area (Å²) in [6, 6.07) is 15.5. The maximum absolute atomic E-state index is 12.1. The van der Waals surface area contributed by atoms with Crippen molar-refractivity contribution < 1.29 is 4.79 Å². The lowest BCUT2D eigenvalue weighted by Gasteiger charge is -2.14. The molecule has 1 aromatic heterocycles. The Labute approximate surface area is 215 Å². The van der Waals surface area contributed by atoms with Crippen LogP contribution >= 0.6 is 35.0 Å². The van der Waals surface area contributed by atoms with Gasteiger partial charge in [-0.3, -0.25) is 9.36 Å². The maximum Gasteiger partial charge on any atom is 0.220 e. The first-order valence-corrected chi connectivity index (χ1v) is 13.4. The standard InChI is InChI=1S/C25H29Cl2N5OS/c26-21-12-11-20(18-22(21)27)32-24(19-8-2-1-3-9-19)29-30-25(32)34-17-7-4-10-23(33)28-13-16-31-14-5-6-15-31/h1-3,8-9,11-12,18H,4-7,10,13-17H2,(H,28,33). The molecule has 34 heavy (non-hydrogen) atoms. The minimum Gasteiger partial charge on any atom is -0.355 e. The van der Waals surface area contributed by atoms with Gasteiger partial charge in [-0.15, -0.1) is 10.2 Å². The van der Waals surface area contributed by atoms with Gasteiger partial charge in [0.05, 0.1) is 15.7 Å². The maximum atomic E-state index is 12.1. The van der Waals surface area contributed by atoms with E-state index in [2.05, 4.69) is 20.4 Å². The molecule has 0 spiro atoms. The van der Waals surface area contributed by atoms with Gasteiger partial charge in [0.15, 0.2) is 11.0 Å². The van der Waals surface area contributed by atoms with E-state index in [0.717, 1.165) is 67.0 Å². The molecule has 180 valence electrons. The topological polar surface area (TPSA) is 63.1 Å². The molecule has 3 aromatic rings. The van der Waals surface area contributed by atoms with E-state index in [1.165, 1.54) is 12.8 Å². The minimum absolute atomic E-state index is 0.134. The molecule has 1 aliphatic heterocycles. The van der Waals surface area contributed by atoms with Gasteiger partial charge in [0.1, 0.15) is 0 Å². The number of thioether (sulfide) groups is 1. The molecule has 0 aliphatic carbocycles. The second-order valence-electron chi connectivity index (χ2n) is 8.31. The number of halogens is 2. The predicted octanol–water partition coefficient (Wildman–Crippen LogP) is 5.72. The van der Waals surface area contributed by atoms with Crippen molar-refractivity contribution in [1.82, 2.24) is 25.0 Å². The molecule has 4 rings (SSSR count). The molecule has 0 radical (unpaired) electrons. The third-order valence-corrected chi connectivity index (χ3v) is 7.56. The number of aromatic nitrogens is 3. The summed E-state index contributed by atoms with van der Waals surface area (Å²) in [4.78, 5) is 14.5. The molecule has 0 bridgehead atoms. The number of hydrogen-bond donors (Lipinski definition) is 1. The Morgan fingerprint density at radius 3 is 2.56 bits per heavy atom. The number of likely N-dealkylation sites (tertiary alicyclic amines) is 1. The third-order valence-electron chi connectivity index (χ3n) is 5.80. The zero-order valence-electron chi connectivity index (χ0n) is 19.1. The van der Waals surface area contributed by atoms with Crippen LogP contribution in [0.15, 0.2) is 53.7 Å². The van der Waals surface area contributed by atoms with Gasteiger partial charge in [-0.1, -0.05) is 65.3 Å². The molecule has 1 fully saturated rings. The van der Waals surface area contributed by atoms with Gasteiger partial charge in [0.2, 0.25) is 5.91 Å². The van der Waals surface area contributed by atoms with Crippen molar-refractivity contribution in [1.29, 1.82) is 0 Å². The van der Waals surface area contributed by atoms with Crippen molar-refractivity contribution in [3.8, 4) is 17.1 Å². The molecule has 0 saturated carbocycles. The van der Waals surface area contributed by atoms with Gasteiger partial charge in [0, 0.05) is 30.8 Å². The van der Waals surface area contributed by atoms with Crippen LogP contribution in [0, 0.1) is 0 Å². The fourth-order valence-electron chi connectivity index (χ4n) is 3.99. The van der Waals surface area contributed by atoms with E-state index >= 15 is 0 Å². The average Bonchev–Trinajstić information content (AvgIpc) is 3.51. The monoisotopic (exact) mass is 517 g/mol. The van der Waals surface area contributed by atoms with Crippen LogP contribution in [-0.2, 0) is 4.79 Å². The van der Waals surface area contributed by atoms with Crippen molar-refractivity contribution in [2.75, 3.05) is 31.9 Å². The summed E-state index contributed by atoms with van der Waals surface area (Å²) in [6.45, 7) is 4.01. The molecule has 6 nitrogen and oxygen atoms in total. The first-order valence-electron chi connectivity index (χ1n) is 11.7. The molecule has 0 atom stereocenters. The van der Waals surface area contributed by atoms with E-state index in [-0.39, 0.29) is 5.91 Å². The predicted molar refractivity (Wildman–Crippen MR) is 140 cm³/mol. The Bertz CT molecular complexity index is 1090. The lowest BCUT2D eigenvalue weighted by atomic mass is 10.2. The second kappa shape index (κ2) is 12.6. The van der Waals surface area contributed by atoms with Crippen molar-refractivity contribution >= 4 is 40.9 Å². The number of benzene rings is 2. The summed E-state index contributed by atoms with van der Waals surface area (Å²) in [5.74, 6) is 1.73. The van der Waals surface area contributed by atoms with E-state index in [4.69, 9.17) is 23.2 Å². The Balaban J connectivity index is 1.32. The fraction of sp³-hybridized carbons (Fsp3) is 0.400. The van der Waals surface area contributed by atoms with Crippen LogP contribution in [0.4, 0.5) is 0 Å². The largest absolute Gasteiger partial charge is 0.355 e. The first-order chi connectivity index (χ1) is 16.6. The van der Waals surface area contributed by atoms with Gasteiger partial charge >= 0.3 is 0 Å². The lowest BCUT2D eigenvalue weighted by Crippen LogP contribution is -2.33. The van der Waals surface area contributed by atoms with Crippen molar-refractivity contribution in [2.45, 2.75) is 37.3 Å². The fourth-order valence-corrected chi connectivity index (χ4v) is 5.24. The van der Waals surface area contributed by atoms with Crippen LogP contribution in [0.2, 0.25) is 10.0 Å². The van der Waals surface area contributed by atoms with Crippen LogP contribution < -0.4 is 5.32 Å². The van der Waals surface area contributed by atoms with E-state index in [9.17, 15) is 4.79 Å². The Kier molecular flexibility index (Phi) is 9.27. The number of hydrogen-bond acceptors (Lipinski definition) is 5. The lowest BCUT2D eigenvalue weighted by molar-refractivity contribution is -0.121. The number of rotatable bonds is 11. The number of nitrogens with zero attached hydrogens (tertiary/aromatic N) is 4. The molecule has 2 aromatic carbocycles. The van der Waals surface area contributed by atoms with Gasteiger partial charge in [-0.25, -0.2) is 0 Å². The van der Waals surface area contributed by atoms with Crippen LogP contribution in [0.5, 0.6) is 0 Å². The van der Waals surface area contributed by atoms with E-state index in [1.807, 2.05) is 47.0 Å². The SMILES string of the molecule is O=C(CCCCSc1nnc(-c2ccccc2)n1-c1ccc(Cl)c(Cl)c1)NCCN1CCCC1.